The lowest BCUT2D eigenvalue weighted by atomic mass is 9.99. The van der Waals surface area contributed by atoms with Gasteiger partial charge in [0, 0.05) is 46.0 Å². The van der Waals surface area contributed by atoms with Crippen LogP contribution >= 0.6 is 24.0 Å². The highest BCUT2D eigenvalue weighted by Gasteiger charge is 2.16. The quantitative estimate of drug-likeness (QED) is 0.388. The number of nitrogens with zero attached hydrogens (tertiary/aromatic N) is 3. The van der Waals surface area contributed by atoms with Crippen LogP contribution in [0.2, 0.25) is 0 Å². The van der Waals surface area contributed by atoms with Gasteiger partial charge in [0.2, 0.25) is 0 Å². The molecule has 1 aromatic rings. The van der Waals surface area contributed by atoms with Crippen molar-refractivity contribution in [1.82, 2.24) is 15.6 Å². The molecule has 0 spiro atoms. The Bertz CT molecular complexity index is 515. The summed E-state index contributed by atoms with van der Waals surface area (Å²) in [5.41, 5.74) is 1.14. The minimum absolute atomic E-state index is 0. The second-order valence-electron chi connectivity index (χ2n) is 6.62. The number of piperidine rings is 1. The van der Waals surface area contributed by atoms with Crippen molar-refractivity contribution >= 4 is 35.8 Å². The van der Waals surface area contributed by atoms with E-state index in [0.29, 0.717) is 13.2 Å². The van der Waals surface area contributed by atoms with E-state index in [0.717, 1.165) is 36.3 Å². The lowest BCUT2D eigenvalue weighted by Crippen LogP contribution is -2.43. The number of nitrogens with one attached hydrogen (secondary N) is 2. The number of aromatic nitrogens is 1. The summed E-state index contributed by atoms with van der Waals surface area (Å²) in [6.07, 6.45) is 4.46. The SMILES string of the molecule is CN=C(NCc1ccc(N2CCC(C)CC2)nc1)NC(C)COC.I. The number of aliphatic imine (C=N–C) groups is 1. The molecule has 2 rings (SSSR count). The van der Waals surface area contributed by atoms with Gasteiger partial charge in [-0.2, -0.15) is 0 Å². The summed E-state index contributed by atoms with van der Waals surface area (Å²) < 4.78 is 5.13. The smallest absolute Gasteiger partial charge is 0.191 e. The van der Waals surface area contributed by atoms with Crippen LogP contribution in [0.15, 0.2) is 23.3 Å². The lowest BCUT2D eigenvalue weighted by Gasteiger charge is -2.31. The Kier molecular flexibility index (Phi) is 10.1. The molecular formula is C18H32IN5O. The van der Waals surface area contributed by atoms with Crippen LogP contribution in [-0.4, -0.2) is 50.8 Å². The van der Waals surface area contributed by atoms with Crippen LogP contribution in [0.4, 0.5) is 5.82 Å². The van der Waals surface area contributed by atoms with Crippen molar-refractivity contribution in [3.8, 4) is 0 Å². The molecule has 6 nitrogen and oxygen atoms in total. The van der Waals surface area contributed by atoms with Gasteiger partial charge in [-0.25, -0.2) is 4.98 Å². The zero-order valence-corrected chi connectivity index (χ0v) is 18.1. The predicted molar refractivity (Wildman–Crippen MR) is 115 cm³/mol. The normalized spacial score (nSPS) is 17.0. The molecule has 0 saturated carbocycles. The van der Waals surface area contributed by atoms with Gasteiger partial charge in [-0.05, 0) is 37.3 Å². The van der Waals surface area contributed by atoms with Gasteiger partial charge in [0.05, 0.1) is 6.61 Å². The van der Waals surface area contributed by atoms with Crippen LogP contribution in [0.25, 0.3) is 0 Å². The number of anilines is 1. The molecule has 0 bridgehead atoms. The van der Waals surface area contributed by atoms with Gasteiger partial charge in [-0.15, -0.1) is 24.0 Å². The van der Waals surface area contributed by atoms with Gasteiger partial charge in [0.15, 0.2) is 5.96 Å². The summed E-state index contributed by atoms with van der Waals surface area (Å²) >= 11 is 0. The van der Waals surface area contributed by atoms with E-state index >= 15 is 0 Å². The number of hydrogen-bond acceptors (Lipinski definition) is 4. The first kappa shape index (κ1) is 22.0. The number of ether oxygens (including phenoxy) is 1. The standard InChI is InChI=1S/C18H31N5O.HI/c1-14-7-9-23(10-8-14)17-6-5-16(11-20-17)12-21-18(19-3)22-15(2)13-24-4;/h5-6,11,14-15H,7-10,12-13H2,1-4H3,(H2,19,21,22);1H. The van der Waals surface area contributed by atoms with Crippen molar-refractivity contribution in [3.63, 3.8) is 0 Å². The molecule has 0 amide bonds. The average molecular weight is 461 g/mol. The highest BCUT2D eigenvalue weighted by atomic mass is 127. The molecule has 1 saturated heterocycles. The first-order chi connectivity index (χ1) is 11.6. The maximum Gasteiger partial charge on any atom is 0.191 e. The van der Waals surface area contributed by atoms with E-state index in [-0.39, 0.29) is 30.0 Å². The monoisotopic (exact) mass is 461 g/mol. The lowest BCUT2D eigenvalue weighted by molar-refractivity contribution is 0.179. The molecule has 1 atom stereocenters. The summed E-state index contributed by atoms with van der Waals surface area (Å²) in [6.45, 7) is 7.95. The molecule has 0 aromatic carbocycles. The Morgan fingerprint density at radius 3 is 2.68 bits per heavy atom. The number of methoxy groups -OCH3 is 1. The number of hydrogen-bond donors (Lipinski definition) is 2. The van der Waals surface area contributed by atoms with Crippen molar-refractivity contribution in [2.24, 2.45) is 10.9 Å². The third-order valence-corrected chi connectivity index (χ3v) is 4.40. The molecule has 1 aliphatic heterocycles. The summed E-state index contributed by atoms with van der Waals surface area (Å²) in [5, 5.41) is 6.60. The van der Waals surface area contributed by atoms with Crippen LogP contribution < -0.4 is 15.5 Å². The molecule has 1 unspecified atom stereocenters. The Morgan fingerprint density at radius 1 is 1.40 bits per heavy atom. The molecule has 1 fully saturated rings. The van der Waals surface area contributed by atoms with E-state index in [1.54, 1.807) is 14.2 Å². The molecule has 25 heavy (non-hydrogen) atoms. The topological polar surface area (TPSA) is 61.8 Å². The highest BCUT2D eigenvalue weighted by Crippen LogP contribution is 2.21. The zero-order valence-electron chi connectivity index (χ0n) is 15.8. The fourth-order valence-electron chi connectivity index (χ4n) is 2.85. The van der Waals surface area contributed by atoms with Crippen molar-refractivity contribution in [1.29, 1.82) is 0 Å². The predicted octanol–water partition coefficient (Wildman–Crippen LogP) is 2.64. The van der Waals surface area contributed by atoms with E-state index in [4.69, 9.17) is 4.74 Å². The summed E-state index contributed by atoms with van der Waals surface area (Å²) in [7, 11) is 3.47. The second-order valence-corrected chi connectivity index (χ2v) is 6.62. The average Bonchev–Trinajstić information content (AvgIpc) is 2.60. The first-order valence-electron chi connectivity index (χ1n) is 8.78. The number of rotatable bonds is 6. The van der Waals surface area contributed by atoms with Crippen molar-refractivity contribution in [3.05, 3.63) is 23.9 Å². The third kappa shape index (κ3) is 7.35. The number of pyridine rings is 1. The van der Waals surface area contributed by atoms with Crippen molar-refractivity contribution < 1.29 is 4.74 Å². The molecule has 2 N–H and O–H groups in total. The van der Waals surface area contributed by atoms with E-state index in [1.165, 1.54) is 12.8 Å². The van der Waals surface area contributed by atoms with Crippen molar-refractivity contribution in [2.75, 3.05) is 38.8 Å². The molecule has 7 heteroatoms. The molecule has 0 radical (unpaired) electrons. The molecule has 1 aliphatic rings. The Hall–Kier alpha value is -1.09. The van der Waals surface area contributed by atoms with Gasteiger partial charge in [0.1, 0.15) is 5.82 Å². The number of guanidine groups is 1. The van der Waals surface area contributed by atoms with E-state index < -0.39 is 0 Å². The van der Waals surface area contributed by atoms with Crippen molar-refractivity contribution in [2.45, 2.75) is 39.3 Å². The fourth-order valence-corrected chi connectivity index (χ4v) is 2.85. The first-order valence-corrected chi connectivity index (χ1v) is 8.78. The van der Waals surface area contributed by atoms with Gasteiger partial charge < -0.3 is 20.3 Å². The summed E-state index contributed by atoms with van der Waals surface area (Å²) in [6, 6.07) is 4.47. The van der Waals surface area contributed by atoms with E-state index in [9.17, 15) is 0 Å². The summed E-state index contributed by atoms with van der Waals surface area (Å²) in [5.74, 6) is 2.69. The molecule has 0 aliphatic carbocycles. The van der Waals surface area contributed by atoms with Gasteiger partial charge in [-0.3, -0.25) is 4.99 Å². The van der Waals surface area contributed by atoms with E-state index in [2.05, 4.69) is 51.5 Å². The largest absolute Gasteiger partial charge is 0.383 e. The fraction of sp³-hybridized carbons (Fsp3) is 0.667. The second kappa shape index (κ2) is 11.5. The van der Waals surface area contributed by atoms with Crippen LogP contribution in [0.3, 0.4) is 0 Å². The minimum Gasteiger partial charge on any atom is -0.383 e. The maximum absolute atomic E-state index is 5.13. The Labute approximate surface area is 168 Å². The Morgan fingerprint density at radius 2 is 2.12 bits per heavy atom. The van der Waals surface area contributed by atoms with Crippen LogP contribution in [0, 0.1) is 5.92 Å². The third-order valence-electron chi connectivity index (χ3n) is 4.40. The number of halogens is 1. The molecule has 2 heterocycles. The molecule has 1 aromatic heterocycles. The zero-order chi connectivity index (χ0) is 17.4. The Balaban J connectivity index is 0.00000312. The van der Waals surface area contributed by atoms with Gasteiger partial charge >= 0.3 is 0 Å². The summed E-state index contributed by atoms with van der Waals surface area (Å²) in [4.78, 5) is 11.2. The van der Waals surface area contributed by atoms with Crippen LogP contribution in [0.1, 0.15) is 32.3 Å². The van der Waals surface area contributed by atoms with E-state index in [1.807, 2.05) is 6.20 Å². The van der Waals surface area contributed by atoms with Gasteiger partial charge in [0.25, 0.3) is 0 Å². The molecular weight excluding hydrogens is 429 g/mol. The van der Waals surface area contributed by atoms with Crippen LogP contribution in [-0.2, 0) is 11.3 Å². The highest BCUT2D eigenvalue weighted by molar-refractivity contribution is 14.0. The molecule has 142 valence electrons. The van der Waals surface area contributed by atoms with Crippen LogP contribution in [0.5, 0.6) is 0 Å². The minimum atomic E-state index is 0. The maximum atomic E-state index is 5.13. The van der Waals surface area contributed by atoms with Gasteiger partial charge in [-0.1, -0.05) is 13.0 Å².